The summed E-state index contributed by atoms with van der Waals surface area (Å²) >= 11 is 0. The van der Waals surface area contributed by atoms with Crippen LogP contribution >= 0.6 is 0 Å². The monoisotopic (exact) mass is 433 g/mol. The zero-order chi connectivity index (χ0) is 22.3. The van der Waals surface area contributed by atoms with Crippen molar-refractivity contribution in [1.29, 1.82) is 0 Å². The zero-order valence-corrected chi connectivity index (χ0v) is 19.1. The summed E-state index contributed by atoms with van der Waals surface area (Å²) < 4.78 is 30.0. The van der Waals surface area contributed by atoms with Crippen LogP contribution in [0.3, 0.4) is 0 Å². The van der Waals surface area contributed by atoms with Gasteiger partial charge in [0.1, 0.15) is 5.75 Å². The Balaban J connectivity index is 1.89. The summed E-state index contributed by atoms with van der Waals surface area (Å²) in [5, 5.41) is 2.88. The molecule has 8 heteroatoms. The van der Waals surface area contributed by atoms with Gasteiger partial charge in [0.15, 0.2) is 6.10 Å². The molecule has 0 saturated carbocycles. The summed E-state index contributed by atoms with van der Waals surface area (Å²) in [4.78, 5) is 14.6. The summed E-state index contributed by atoms with van der Waals surface area (Å²) in [5.74, 6) is 0.270. The lowest BCUT2D eigenvalue weighted by Gasteiger charge is -2.21. The van der Waals surface area contributed by atoms with E-state index in [2.05, 4.69) is 36.2 Å². The molecule has 1 amide bonds. The molecule has 1 atom stereocenters. The molecule has 30 heavy (non-hydrogen) atoms. The standard InChI is InChI=1S/C22H31N3O4S/c1-6-25(7-2)20-10-8-18(9-11-20)16-23-22(26)17(3)29-21-14-12-19(13-15-21)24(4)30(5,27)28/h8-15,17H,6-7,16H2,1-5H3,(H,23,26). The molecule has 0 saturated heterocycles. The van der Waals surface area contributed by atoms with Crippen molar-refractivity contribution in [3.8, 4) is 5.75 Å². The highest BCUT2D eigenvalue weighted by atomic mass is 32.2. The van der Waals surface area contributed by atoms with Crippen molar-refractivity contribution in [2.75, 3.05) is 35.6 Å². The van der Waals surface area contributed by atoms with E-state index in [1.807, 2.05) is 12.1 Å². The summed E-state index contributed by atoms with van der Waals surface area (Å²) in [6.07, 6.45) is 0.458. The number of anilines is 2. The topological polar surface area (TPSA) is 79.0 Å². The third-order valence-corrected chi connectivity index (χ3v) is 6.12. The van der Waals surface area contributed by atoms with Crippen LogP contribution in [0.25, 0.3) is 0 Å². The van der Waals surface area contributed by atoms with Gasteiger partial charge in [-0.1, -0.05) is 12.1 Å². The summed E-state index contributed by atoms with van der Waals surface area (Å²) in [5.41, 5.74) is 2.70. The van der Waals surface area contributed by atoms with Crippen molar-refractivity contribution in [3.05, 3.63) is 54.1 Å². The molecule has 0 heterocycles. The van der Waals surface area contributed by atoms with E-state index in [-0.39, 0.29) is 5.91 Å². The van der Waals surface area contributed by atoms with Gasteiger partial charge in [-0.05, 0) is 62.7 Å². The van der Waals surface area contributed by atoms with Crippen molar-refractivity contribution < 1.29 is 17.9 Å². The van der Waals surface area contributed by atoms with Crippen LogP contribution in [-0.2, 0) is 21.4 Å². The lowest BCUT2D eigenvalue weighted by molar-refractivity contribution is -0.127. The Bertz CT molecular complexity index is 924. The van der Waals surface area contributed by atoms with Crippen LogP contribution < -0.4 is 19.3 Å². The smallest absolute Gasteiger partial charge is 0.261 e. The maximum atomic E-state index is 12.4. The fourth-order valence-electron chi connectivity index (χ4n) is 2.93. The molecule has 0 aliphatic heterocycles. The van der Waals surface area contributed by atoms with Crippen LogP contribution in [0.4, 0.5) is 11.4 Å². The molecule has 2 rings (SSSR count). The first-order valence-electron chi connectivity index (χ1n) is 9.98. The van der Waals surface area contributed by atoms with E-state index in [1.165, 1.54) is 11.4 Å². The molecule has 2 aromatic carbocycles. The molecule has 164 valence electrons. The molecule has 1 N–H and O–H groups in total. The van der Waals surface area contributed by atoms with E-state index >= 15 is 0 Å². The normalized spacial score (nSPS) is 12.2. The second-order valence-corrected chi connectivity index (χ2v) is 9.05. The molecule has 0 fully saturated rings. The van der Waals surface area contributed by atoms with Gasteiger partial charge in [0.25, 0.3) is 5.91 Å². The Morgan fingerprint density at radius 2 is 1.53 bits per heavy atom. The first-order chi connectivity index (χ1) is 14.2. The van der Waals surface area contributed by atoms with E-state index in [9.17, 15) is 13.2 Å². The molecular weight excluding hydrogens is 402 g/mol. The number of hydrogen-bond donors (Lipinski definition) is 1. The Morgan fingerprint density at radius 3 is 2.03 bits per heavy atom. The predicted octanol–water partition coefficient (Wildman–Crippen LogP) is 3.01. The van der Waals surface area contributed by atoms with Gasteiger partial charge in [-0.2, -0.15) is 0 Å². The maximum Gasteiger partial charge on any atom is 0.261 e. The van der Waals surface area contributed by atoms with Gasteiger partial charge in [0.2, 0.25) is 10.0 Å². The number of rotatable bonds is 10. The van der Waals surface area contributed by atoms with Gasteiger partial charge in [0.05, 0.1) is 11.9 Å². The summed E-state index contributed by atoms with van der Waals surface area (Å²) in [6.45, 7) is 8.24. The molecule has 1 unspecified atom stereocenters. The van der Waals surface area contributed by atoms with Gasteiger partial charge >= 0.3 is 0 Å². The first kappa shape index (κ1) is 23.5. The number of hydrogen-bond acceptors (Lipinski definition) is 5. The summed E-state index contributed by atoms with van der Waals surface area (Å²) in [6, 6.07) is 14.7. The SMILES string of the molecule is CCN(CC)c1ccc(CNC(=O)C(C)Oc2ccc(N(C)S(C)(=O)=O)cc2)cc1. The third-order valence-electron chi connectivity index (χ3n) is 4.91. The minimum absolute atomic E-state index is 0.222. The van der Waals surface area contributed by atoms with Crippen molar-refractivity contribution in [3.63, 3.8) is 0 Å². The minimum atomic E-state index is -3.32. The molecule has 0 bridgehead atoms. The van der Waals surface area contributed by atoms with Crippen molar-refractivity contribution in [2.45, 2.75) is 33.4 Å². The average molecular weight is 434 g/mol. The number of amides is 1. The Kier molecular flexibility index (Phi) is 8.11. The van der Waals surface area contributed by atoms with E-state index in [0.717, 1.165) is 30.6 Å². The second-order valence-electron chi connectivity index (χ2n) is 7.04. The maximum absolute atomic E-state index is 12.4. The van der Waals surface area contributed by atoms with E-state index < -0.39 is 16.1 Å². The number of ether oxygens (including phenoxy) is 1. The highest BCUT2D eigenvalue weighted by molar-refractivity contribution is 7.92. The lowest BCUT2D eigenvalue weighted by Crippen LogP contribution is -2.35. The third kappa shape index (κ3) is 6.38. The second kappa shape index (κ2) is 10.3. The Morgan fingerprint density at radius 1 is 1.00 bits per heavy atom. The van der Waals surface area contributed by atoms with E-state index in [0.29, 0.717) is 18.0 Å². The molecule has 2 aromatic rings. The molecule has 0 aliphatic carbocycles. The van der Waals surface area contributed by atoms with Gasteiger partial charge < -0.3 is 15.0 Å². The molecule has 0 radical (unpaired) electrons. The molecule has 7 nitrogen and oxygen atoms in total. The molecular formula is C22H31N3O4S. The number of carbonyl (C=O) groups is 1. The van der Waals surface area contributed by atoms with Crippen LogP contribution in [0.1, 0.15) is 26.3 Å². The van der Waals surface area contributed by atoms with Crippen molar-refractivity contribution >= 4 is 27.3 Å². The first-order valence-corrected chi connectivity index (χ1v) is 11.8. The van der Waals surface area contributed by atoms with Crippen LogP contribution in [-0.4, -0.2) is 46.8 Å². The van der Waals surface area contributed by atoms with Crippen molar-refractivity contribution in [1.82, 2.24) is 5.32 Å². The van der Waals surface area contributed by atoms with E-state index in [1.54, 1.807) is 31.2 Å². The highest BCUT2D eigenvalue weighted by Gasteiger charge is 2.16. The van der Waals surface area contributed by atoms with Gasteiger partial charge in [-0.25, -0.2) is 8.42 Å². The zero-order valence-electron chi connectivity index (χ0n) is 18.3. The number of benzene rings is 2. The quantitative estimate of drug-likeness (QED) is 0.623. The van der Waals surface area contributed by atoms with Gasteiger partial charge in [0, 0.05) is 32.4 Å². The van der Waals surface area contributed by atoms with E-state index in [4.69, 9.17) is 4.74 Å². The molecule has 0 aromatic heterocycles. The van der Waals surface area contributed by atoms with Crippen LogP contribution in [0, 0.1) is 0 Å². The molecule has 0 aliphatic rings. The largest absolute Gasteiger partial charge is 0.481 e. The van der Waals surface area contributed by atoms with Gasteiger partial charge in [-0.15, -0.1) is 0 Å². The number of nitrogens with one attached hydrogen (secondary N) is 1. The fourth-order valence-corrected chi connectivity index (χ4v) is 3.43. The number of sulfonamides is 1. The fraction of sp³-hybridized carbons (Fsp3) is 0.409. The average Bonchev–Trinajstić information content (AvgIpc) is 2.73. The Hall–Kier alpha value is -2.74. The van der Waals surface area contributed by atoms with Crippen LogP contribution in [0.5, 0.6) is 5.75 Å². The molecule has 0 spiro atoms. The Labute approximate surface area is 179 Å². The lowest BCUT2D eigenvalue weighted by atomic mass is 10.2. The summed E-state index contributed by atoms with van der Waals surface area (Å²) in [7, 11) is -1.84. The van der Waals surface area contributed by atoms with Gasteiger partial charge in [-0.3, -0.25) is 9.10 Å². The van der Waals surface area contributed by atoms with Crippen molar-refractivity contribution in [2.24, 2.45) is 0 Å². The van der Waals surface area contributed by atoms with Crippen LogP contribution in [0.2, 0.25) is 0 Å². The number of carbonyl (C=O) groups excluding carboxylic acids is 1. The van der Waals surface area contributed by atoms with Crippen LogP contribution in [0.15, 0.2) is 48.5 Å². The minimum Gasteiger partial charge on any atom is -0.481 e. The highest BCUT2D eigenvalue weighted by Crippen LogP contribution is 2.21. The predicted molar refractivity (Wildman–Crippen MR) is 122 cm³/mol. The number of nitrogens with zero attached hydrogens (tertiary/aromatic N) is 2.